The summed E-state index contributed by atoms with van der Waals surface area (Å²) in [5, 5.41) is 8.95. The van der Waals surface area contributed by atoms with Crippen molar-refractivity contribution in [1.29, 1.82) is 0 Å². The van der Waals surface area contributed by atoms with E-state index in [1.807, 2.05) is 6.07 Å². The highest BCUT2D eigenvalue weighted by molar-refractivity contribution is 5.87. The molecule has 0 saturated heterocycles. The second-order valence-electron chi connectivity index (χ2n) is 3.77. The predicted octanol–water partition coefficient (Wildman–Crippen LogP) is 1.76. The van der Waals surface area contributed by atoms with E-state index in [1.165, 1.54) is 0 Å². The third-order valence-corrected chi connectivity index (χ3v) is 2.60. The summed E-state index contributed by atoms with van der Waals surface area (Å²) in [4.78, 5) is 10.9. The van der Waals surface area contributed by atoms with Gasteiger partial charge in [-0.3, -0.25) is 0 Å². The quantitative estimate of drug-likeness (QED) is 0.786. The van der Waals surface area contributed by atoms with Gasteiger partial charge in [0.1, 0.15) is 0 Å². The van der Waals surface area contributed by atoms with E-state index in [2.05, 4.69) is 0 Å². The highest BCUT2D eigenvalue weighted by atomic mass is 16.5. The fourth-order valence-corrected chi connectivity index (χ4v) is 1.66. The average Bonchev–Trinajstić information content (AvgIpc) is 2.34. The molecule has 0 aliphatic carbocycles. The minimum Gasteiger partial charge on any atom is -0.478 e. The summed E-state index contributed by atoms with van der Waals surface area (Å²) >= 11 is 0. The van der Waals surface area contributed by atoms with E-state index in [4.69, 9.17) is 14.6 Å². The molecule has 0 aromatic heterocycles. The van der Waals surface area contributed by atoms with Crippen LogP contribution in [0.2, 0.25) is 0 Å². The zero-order valence-corrected chi connectivity index (χ0v) is 10.2. The minimum atomic E-state index is -0.901. The van der Waals surface area contributed by atoms with Gasteiger partial charge in [-0.1, -0.05) is 6.07 Å². The minimum absolute atomic E-state index is 0.317. The van der Waals surface area contributed by atoms with Gasteiger partial charge in [-0.15, -0.1) is 0 Å². The molecule has 0 radical (unpaired) electrons. The summed E-state index contributed by atoms with van der Waals surface area (Å²) in [5.41, 5.74) is 2.45. The lowest BCUT2D eigenvalue weighted by atomic mass is 9.99. The van der Waals surface area contributed by atoms with Crippen molar-refractivity contribution in [3.8, 4) is 0 Å². The molecule has 4 nitrogen and oxygen atoms in total. The van der Waals surface area contributed by atoms with Crippen molar-refractivity contribution in [3.05, 3.63) is 34.9 Å². The predicted molar refractivity (Wildman–Crippen MR) is 64.6 cm³/mol. The number of carboxylic acid groups (broad SMARTS) is 1. The van der Waals surface area contributed by atoms with Gasteiger partial charge < -0.3 is 14.6 Å². The smallest absolute Gasteiger partial charge is 0.335 e. The Kier molecular flexibility index (Phi) is 5.66. The molecular weight excluding hydrogens is 220 g/mol. The maximum absolute atomic E-state index is 10.9. The lowest BCUT2D eigenvalue weighted by Crippen LogP contribution is -2.06. The van der Waals surface area contributed by atoms with E-state index in [-0.39, 0.29) is 0 Å². The van der Waals surface area contributed by atoms with Crippen LogP contribution in [-0.2, 0) is 22.3 Å². The summed E-state index contributed by atoms with van der Waals surface area (Å²) in [7, 11) is 3.29. The Morgan fingerprint density at radius 2 is 1.71 bits per heavy atom. The number of rotatable bonds is 7. The van der Waals surface area contributed by atoms with E-state index in [0.29, 0.717) is 18.8 Å². The molecule has 1 aromatic rings. The highest BCUT2D eigenvalue weighted by Gasteiger charge is 2.08. The first-order valence-electron chi connectivity index (χ1n) is 5.52. The molecule has 17 heavy (non-hydrogen) atoms. The first-order valence-corrected chi connectivity index (χ1v) is 5.52. The molecular formula is C13H18O4. The van der Waals surface area contributed by atoms with Crippen LogP contribution in [0.5, 0.6) is 0 Å². The highest BCUT2D eigenvalue weighted by Crippen LogP contribution is 2.14. The molecule has 0 aliphatic heterocycles. The van der Waals surface area contributed by atoms with Gasteiger partial charge in [0.05, 0.1) is 18.8 Å². The Morgan fingerprint density at radius 1 is 1.12 bits per heavy atom. The van der Waals surface area contributed by atoms with Crippen molar-refractivity contribution in [2.24, 2.45) is 0 Å². The van der Waals surface area contributed by atoms with Crippen LogP contribution in [0.15, 0.2) is 18.2 Å². The van der Waals surface area contributed by atoms with Gasteiger partial charge in [0.25, 0.3) is 0 Å². The molecule has 4 heteroatoms. The van der Waals surface area contributed by atoms with Crippen LogP contribution in [0.4, 0.5) is 0 Å². The molecule has 0 heterocycles. The Morgan fingerprint density at radius 3 is 2.24 bits per heavy atom. The maximum Gasteiger partial charge on any atom is 0.335 e. The summed E-state index contributed by atoms with van der Waals surface area (Å²) in [6.45, 7) is 1.22. The Bertz CT molecular complexity index is 374. The van der Waals surface area contributed by atoms with Gasteiger partial charge in [-0.2, -0.15) is 0 Å². The van der Waals surface area contributed by atoms with Gasteiger partial charge >= 0.3 is 5.97 Å². The third kappa shape index (κ3) is 4.17. The van der Waals surface area contributed by atoms with Crippen molar-refractivity contribution in [3.63, 3.8) is 0 Å². The van der Waals surface area contributed by atoms with E-state index >= 15 is 0 Å². The molecule has 1 N–H and O–H groups in total. The Balaban J connectivity index is 2.90. The molecule has 0 aliphatic rings. The van der Waals surface area contributed by atoms with Gasteiger partial charge in [0, 0.05) is 14.2 Å². The Hall–Kier alpha value is -1.39. The molecule has 0 saturated carbocycles. The van der Waals surface area contributed by atoms with Gasteiger partial charge in [-0.25, -0.2) is 4.79 Å². The normalized spacial score (nSPS) is 10.5. The number of hydrogen-bond donors (Lipinski definition) is 1. The molecule has 0 bridgehead atoms. The first-order chi connectivity index (χ1) is 8.19. The summed E-state index contributed by atoms with van der Waals surface area (Å²) in [6, 6.07) is 5.20. The number of ether oxygens (including phenoxy) is 2. The monoisotopic (exact) mass is 238 g/mol. The zero-order valence-electron chi connectivity index (χ0n) is 10.2. The molecule has 1 aromatic carbocycles. The number of carbonyl (C=O) groups is 1. The molecule has 94 valence electrons. The second kappa shape index (κ2) is 7.04. The number of benzene rings is 1. The molecule has 0 unspecified atom stereocenters. The lowest BCUT2D eigenvalue weighted by Gasteiger charge is -2.10. The first kappa shape index (κ1) is 13.7. The molecule has 0 atom stereocenters. The second-order valence-corrected chi connectivity index (χ2v) is 3.77. The number of aromatic carboxylic acids is 1. The topological polar surface area (TPSA) is 55.8 Å². The summed E-state index contributed by atoms with van der Waals surface area (Å²) < 4.78 is 10.1. The van der Waals surface area contributed by atoms with E-state index in [9.17, 15) is 4.79 Å². The van der Waals surface area contributed by atoms with Crippen LogP contribution in [0.3, 0.4) is 0 Å². The Labute approximate surface area is 101 Å². The van der Waals surface area contributed by atoms with Gasteiger partial charge in [0.15, 0.2) is 0 Å². The van der Waals surface area contributed by atoms with E-state index in [1.54, 1.807) is 26.4 Å². The maximum atomic E-state index is 10.9. The fourth-order valence-electron chi connectivity index (χ4n) is 1.66. The largest absolute Gasteiger partial charge is 0.478 e. The van der Waals surface area contributed by atoms with Crippen LogP contribution in [0.1, 0.15) is 21.5 Å². The number of hydrogen-bond acceptors (Lipinski definition) is 3. The average molecular weight is 238 g/mol. The fraction of sp³-hybridized carbons (Fsp3) is 0.462. The summed E-state index contributed by atoms with van der Waals surface area (Å²) in [5.74, 6) is -0.901. The number of carboxylic acids is 1. The van der Waals surface area contributed by atoms with Crippen LogP contribution < -0.4 is 0 Å². The molecule has 0 spiro atoms. The van der Waals surface area contributed by atoms with Crippen LogP contribution in [-0.4, -0.2) is 38.5 Å². The van der Waals surface area contributed by atoms with E-state index in [0.717, 1.165) is 24.0 Å². The SMILES string of the molecule is COCCc1ccc(C(=O)O)cc1CCOC. The van der Waals surface area contributed by atoms with Crippen molar-refractivity contribution in [1.82, 2.24) is 0 Å². The molecule has 1 rings (SSSR count). The van der Waals surface area contributed by atoms with Crippen molar-refractivity contribution < 1.29 is 19.4 Å². The van der Waals surface area contributed by atoms with Crippen molar-refractivity contribution in [2.75, 3.05) is 27.4 Å². The van der Waals surface area contributed by atoms with E-state index < -0.39 is 5.97 Å². The zero-order chi connectivity index (χ0) is 12.7. The van der Waals surface area contributed by atoms with Crippen molar-refractivity contribution >= 4 is 5.97 Å². The standard InChI is InChI=1S/C13H18O4/c1-16-7-5-10-3-4-12(13(14)15)9-11(10)6-8-17-2/h3-4,9H,5-8H2,1-2H3,(H,14,15). The molecule has 0 fully saturated rings. The van der Waals surface area contributed by atoms with Gasteiger partial charge in [0.2, 0.25) is 0 Å². The van der Waals surface area contributed by atoms with Crippen molar-refractivity contribution in [2.45, 2.75) is 12.8 Å². The lowest BCUT2D eigenvalue weighted by molar-refractivity contribution is 0.0696. The van der Waals surface area contributed by atoms with Crippen LogP contribution in [0, 0.1) is 0 Å². The van der Waals surface area contributed by atoms with Crippen LogP contribution >= 0.6 is 0 Å². The number of methoxy groups -OCH3 is 2. The molecule has 0 amide bonds. The summed E-state index contributed by atoms with van der Waals surface area (Å²) in [6.07, 6.45) is 1.51. The third-order valence-electron chi connectivity index (χ3n) is 2.60. The van der Waals surface area contributed by atoms with Crippen LogP contribution in [0.25, 0.3) is 0 Å². The van der Waals surface area contributed by atoms with Gasteiger partial charge in [-0.05, 0) is 36.1 Å².